The first-order chi connectivity index (χ1) is 14.1. The van der Waals surface area contributed by atoms with Crippen molar-refractivity contribution in [2.45, 2.75) is 19.3 Å². The molecule has 0 bridgehead atoms. The molecule has 2 amide bonds. The Morgan fingerprint density at radius 2 is 1.83 bits per heavy atom. The molecule has 1 aromatic carbocycles. The molecular weight excluding hydrogens is 421 g/mol. The van der Waals surface area contributed by atoms with Crippen LogP contribution in [0.5, 0.6) is 0 Å². The van der Waals surface area contributed by atoms with Crippen LogP contribution in [0.3, 0.4) is 0 Å². The van der Waals surface area contributed by atoms with Crippen LogP contribution in [0.4, 0.5) is 23.7 Å². The Hall–Kier alpha value is -3.01. The van der Waals surface area contributed by atoms with Gasteiger partial charge in [-0.05, 0) is 23.8 Å². The van der Waals surface area contributed by atoms with Crippen LogP contribution in [0.1, 0.15) is 17.0 Å². The molecule has 30 heavy (non-hydrogen) atoms. The molecule has 0 saturated carbocycles. The van der Waals surface area contributed by atoms with E-state index in [1.807, 2.05) is 43.3 Å². The summed E-state index contributed by atoms with van der Waals surface area (Å²) in [5.41, 5.74) is 1.14. The zero-order chi connectivity index (χ0) is 22.1. The van der Waals surface area contributed by atoms with Crippen molar-refractivity contribution in [1.29, 1.82) is 0 Å². The van der Waals surface area contributed by atoms with E-state index in [2.05, 4.69) is 15.5 Å². The number of hydrogen-bond acceptors (Lipinski definition) is 4. The van der Waals surface area contributed by atoms with Crippen molar-refractivity contribution in [2.24, 2.45) is 0 Å². The van der Waals surface area contributed by atoms with E-state index in [4.69, 9.17) is 11.6 Å². The Balaban J connectivity index is 1.68. The number of anilines is 1. The van der Waals surface area contributed by atoms with Gasteiger partial charge in [0.05, 0.1) is 17.1 Å². The molecule has 0 fully saturated rings. The third-order valence-electron chi connectivity index (χ3n) is 4.47. The highest BCUT2D eigenvalue weighted by Gasteiger charge is 2.32. The van der Waals surface area contributed by atoms with Crippen molar-refractivity contribution in [2.75, 3.05) is 26.0 Å². The molecule has 11 heteroatoms. The fraction of sp³-hybridized carbons (Fsp3) is 0.316. The monoisotopic (exact) mass is 440 g/mol. The molecule has 0 aliphatic carbocycles. The normalized spacial score (nSPS) is 11.6. The van der Waals surface area contributed by atoms with Crippen molar-refractivity contribution in [3.05, 3.63) is 58.5 Å². The lowest BCUT2D eigenvalue weighted by Gasteiger charge is -2.19. The third-order valence-corrected chi connectivity index (χ3v) is 4.75. The average Bonchev–Trinajstić information content (AvgIpc) is 3.09. The second-order valence-electron chi connectivity index (χ2n) is 6.96. The van der Waals surface area contributed by atoms with E-state index in [0.29, 0.717) is 6.54 Å². The van der Waals surface area contributed by atoms with Gasteiger partial charge < -0.3 is 15.1 Å². The smallest absolute Gasteiger partial charge is 0.378 e. The number of halogens is 4. The van der Waals surface area contributed by atoms with E-state index in [-0.39, 0.29) is 23.0 Å². The van der Waals surface area contributed by atoms with Crippen LogP contribution >= 0.6 is 11.6 Å². The quantitative estimate of drug-likeness (QED) is 0.655. The highest BCUT2D eigenvalue weighted by molar-refractivity contribution is 6.33. The minimum atomic E-state index is -4.56. The maximum absolute atomic E-state index is 13.0. The first-order valence-corrected chi connectivity index (χ1v) is 9.29. The number of urea groups is 1. The van der Waals surface area contributed by atoms with E-state index in [0.717, 1.165) is 27.9 Å². The largest absolute Gasteiger partial charge is 0.417 e. The number of pyridine rings is 1. The number of hydrogen-bond donors (Lipinski definition) is 1. The van der Waals surface area contributed by atoms with Crippen molar-refractivity contribution in [3.63, 3.8) is 0 Å². The predicted octanol–water partition coefficient (Wildman–Crippen LogP) is 3.81. The Kier molecular flexibility index (Phi) is 6.06. The first-order valence-electron chi connectivity index (χ1n) is 8.92. The van der Waals surface area contributed by atoms with Crippen LogP contribution in [-0.2, 0) is 19.3 Å². The molecule has 160 valence electrons. The predicted molar refractivity (Wildman–Crippen MR) is 107 cm³/mol. The van der Waals surface area contributed by atoms with Gasteiger partial charge in [0, 0.05) is 39.6 Å². The van der Waals surface area contributed by atoms with Gasteiger partial charge >= 0.3 is 12.2 Å². The molecule has 3 aromatic rings. The molecule has 0 aliphatic rings. The summed E-state index contributed by atoms with van der Waals surface area (Å²) < 4.78 is 40.2. The number of aromatic nitrogens is 3. The Labute approximate surface area is 176 Å². The molecule has 0 radical (unpaired) electrons. The summed E-state index contributed by atoms with van der Waals surface area (Å²) in [5, 5.41) is 10.1. The van der Waals surface area contributed by atoms with E-state index in [9.17, 15) is 18.0 Å². The molecule has 2 heterocycles. The number of rotatable bonds is 5. The lowest BCUT2D eigenvalue weighted by Crippen LogP contribution is -2.36. The Morgan fingerprint density at radius 1 is 1.17 bits per heavy atom. The minimum Gasteiger partial charge on any atom is -0.378 e. The van der Waals surface area contributed by atoms with Crippen molar-refractivity contribution >= 4 is 29.0 Å². The van der Waals surface area contributed by atoms with Crippen LogP contribution in [0, 0.1) is 0 Å². The number of benzene rings is 1. The van der Waals surface area contributed by atoms with Crippen LogP contribution in [-0.4, -0.2) is 46.7 Å². The maximum Gasteiger partial charge on any atom is 0.417 e. The van der Waals surface area contributed by atoms with Gasteiger partial charge in [-0.2, -0.15) is 13.2 Å². The summed E-state index contributed by atoms with van der Waals surface area (Å²) in [6.07, 6.45) is -3.70. The molecule has 2 aromatic heterocycles. The van der Waals surface area contributed by atoms with Gasteiger partial charge in [-0.25, -0.2) is 4.79 Å². The van der Waals surface area contributed by atoms with Gasteiger partial charge in [0.15, 0.2) is 11.5 Å². The fourth-order valence-corrected chi connectivity index (χ4v) is 3.06. The second kappa shape index (κ2) is 8.39. The van der Waals surface area contributed by atoms with Gasteiger partial charge in [0.1, 0.15) is 0 Å². The zero-order valence-corrected chi connectivity index (χ0v) is 17.3. The number of nitrogens with zero attached hydrogens (tertiary/aromatic N) is 5. The molecule has 1 N–H and O–H groups in total. The molecule has 0 saturated heterocycles. The van der Waals surface area contributed by atoms with Gasteiger partial charge in [-0.15, -0.1) is 10.2 Å². The van der Waals surface area contributed by atoms with Crippen LogP contribution < -0.4 is 10.2 Å². The van der Waals surface area contributed by atoms with Crippen molar-refractivity contribution in [1.82, 2.24) is 24.8 Å². The van der Waals surface area contributed by atoms with Crippen LogP contribution in [0.25, 0.3) is 5.65 Å². The van der Waals surface area contributed by atoms with Crippen LogP contribution in [0.2, 0.25) is 5.02 Å². The fourth-order valence-electron chi connectivity index (χ4n) is 2.81. The van der Waals surface area contributed by atoms with Gasteiger partial charge in [-0.1, -0.05) is 23.7 Å². The molecule has 3 rings (SSSR count). The molecule has 0 atom stereocenters. The van der Waals surface area contributed by atoms with Crippen LogP contribution in [0.15, 0.2) is 36.5 Å². The summed E-state index contributed by atoms with van der Waals surface area (Å²) in [6.45, 7) is 0.256. The summed E-state index contributed by atoms with van der Waals surface area (Å²) >= 11 is 5.89. The third kappa shape index (κ3) is 4.76. The van der Waals surface area contributed by atoms with Crippen molar-refractivity contribution in [3.8, 4) is 0 Å². The van der Waals surface area contributed by atoms with E-state index < -0.39 is 17.8 Å². The molecule has 7 nitrogen and oxygen atoms in total. The average molecular weight is 441 g/mol. The van der Waals surface area contributed by atoms with Gasteiger partial charge in [0.2, 0.25) is 0 Å². The number of nitrogens with one attached hydrogen (secondary N) is 1. The minimum absolute atomic E-state index is 0.0863. The Bertz CT molecular complexity index is 1050. The second-order valence-corrected chi connectivity index (χ2v) is 7.37. The summed E-state index contributed by atoms with van der Waals surface area (Å²) in [5.74, 6) is 0.134. The van der Waals surface area contributed by atoms with Gasteiger partial charge in [0.25, 0.3) is 0 Å². The number of amides is 2. The number of fused-ring (bicyclic) bond motifs is 1. The molecule has 0 spiro atoms. The lowest BCUT2D eigenvalue weighted by molar-refractivity contribution is -0.137. The highest BCUT2D eigenvalue weighted by Crippen LogP contribution is 2.32. The van der Waals surface area contributed by atoms with E-state index in [1.165, 1.54) is 4.90 Å². The number of alkyl halides is 3. The van der Waals surface area contributed by atoms with Crippen molar-refractivity contribution < 1.29 is 18.0 Å². The number of carbonyl (C=O) groups excluding carboxylic acids is 1. The number of carbonyl (C=O) groups is 1. The first kappa shape index (κ1) is 21.7. The summed E-state index contributed by atoms with van der Waals surface area (Å²) in [6, 6.07) is 8.14. The maximum atomic E-state index is 13.0. The zero-order valence-electron chi connectivity index (χ0n) is 16.5. The molecular formula is C19H20ClF3N6O. The molecule has 0 aliphatic heterocycles. The summed E-state index contributed by atoms with van der Waals surface area (Å²) in [4.78, 5) is 15.8. The standard InChI is InChI=1S/C19H20ClF3N6O/c1-27(2)14-6-4-12(5-7-14)10-28(3)18(30)24-9-16-25-26-17-15(20)8-13(11-29(16)17)19(21,22)23/h4-8,11H,9-10H2,1-3H3,(H,24,30). The lowest BCUT2D eigenvalue weighted by atomic mass is 10.2. The Morgan fingerprint density at radius 3 is 2.43 bits per heavy atom. The van der Waals surface area contributed by atoms with E-state index in [1.54, 1.807) is 7.05 Å². The highest BCUT2D eigenvalue weighted by atomic mass is 35.5. The SMILES string of the molecule is CN(Cc1ccc(N(C)C)cc1)C(=O)NCc1nnc2c(Cl)cc(C(F)(F)F)cn12. The molecule has 0 unspecified atom stereocenters. The van der Waals surface area contributed by atoms with E-state index >= 15 is 0 Å². The van der Waals surface area contributed by atoms with Gasteiger partial charge in [-0.3, -0.25) is 4.40 Å². The summed E-state index contributed by atoms with van der Waals surface area (Å²) in [7, 11) is 5.50. The topological polar surface area (TPSA) is 65.8 Å².